The average molecular weight is 427 g/mol. The van der Waals surface area contributed by atoms with Crippen molar-refractivity contribution in [2.45, 2.75) is 37.8 Å². The molecule has 1 aromatic carbocycles. The van der Waals surface area contributed by atoms with E-state index in [0.29, 0.717) is 0 Å². The van der Waals surface area contributed by atoms with Crippen LogP contribution in [0.4, 0.5) is 5.82 Å². The molecule has 3 aliphatic rings. The van der Waals surface area contributed by atoms with Crippen LogP contribution in [0, 0.1) is 0 Å². The third kappa shape index (κ3) is 4.33. The minimum absolute atomic E-state index is 0.282. The van der Waals surface area contributed by atoms with Gasteiger partial charge in [-0.05, 0) is 43.6 Å². The number of thioether (sulfide) groups is 1. The molecule has 1 unspecified atom stereocenters. The van der Waals surface area contributed by atoms with Gasteiger partial charge in [0.15, 0.2) is 0 Å². The van der Waals surface area contributed by atoms with Gasteiger partial charge in [-0.1, -0.05) is 18.2 Å². The third-order valence-corrected chi connectivity index (χ3v) is 8.20. The van der Waals surface area contributed by atoms with Crippen molar-refractivity contribution < 1.29 is 4.74 Å². The highest BCUT2D eigenvalue weighted by atomic mass is 32.2. The number of hydrogen-bond donors (Lipinski definition) is 1. The van der Waals surface area contributed by atoms with Crippen LogP contribution in [-0.4, -0.2) is 72.9 Å². The van der Waals surface area contributed by atoms with Crippen LogP contribution in [0.25, 0.3) is 10.9 Å². The first-order valence-corrected chi connectivity index (χ1v) is 12.7. The van der Waals surface area contributed by atoms with Gasteiger partial charge in [0.25, 0.3) is 0 Å². The molecular weight excluding hydrogens is 392 g/mol. The molecule has 1 aromatic heterocycles. The molecule has 6 heteroatoms. The second kappa shape index (κ2) is 9.43. The molecule has 3 fully saturated rings. The van der Waals surface area contributed by atoms with Gasteiger partial charge in [-0.25, -0.2) is 4.98 Å². The topological polar surface area (TPSA) is 40.6 Å². The fraction of sp³-hybridized carbons (Fsp3) is 0.625. The van der Waals surface area contributed by atoms with Gasteiger partial charge in [-0.2, -0.15) is 11.8 Å². The van der Waals surface area contributed by atoms with Crippen molar-refractivity contribution >= 4 is 28.5 Å². The average Bonchev–Trinajstić information content (AvgIpc) is 3.30. The summed E-state index contributed by atoms with van der Waals surface area (Å²) in [5.41, 5.74) is 2.74. The summed E-state index contributed by atoms with van der Waals surface area (Å²) in [5.74, 6) is 3.70. The molecule has 0 radical (unpaired) electrons. The number of piperidine rings is 1. The van der Waals surface area contributed by atoms with Crippen molar-refractivity contribution in [1.29, 1.82) is 0 Å². The number of benzene rings is 1. The minimum Gasteiger partial charge on any atom is -0.379 e. The largest absolute Gasteiger partial charge is 0.379 e. The van der Waals surface area contributed by atoms with Gasteiger partial charge in [0.05, 0.1) is 18.7 Å². The Kier molecular flexibility index (Phi) is 6.46. The molecule has 1 N–H and O–H groups in total. The van der Waals surface area contributed by atoms with Crippen LogP contribution in [0.15, 0.2) is 30.3 Å². The van der Waals surface area contributed by atoms with Crippen molar-refractivity contribution in [3.8, 4) is 0 Å². The summed E-state index contributed by atoms with van der Waals surface area (Å²) in [5, 5.41) is 5.11. The lowest BCUT2D eigenvalue weighted by Gasteiger charge is -2.43. The zero-order chi connectivity index (χ0) is 20.2. The summed E-state index contributed by atoms with van der Waals surface area (Å²) in [6, 6.07) is 10.9. The van der Waals surface area contributed by atoms with Crippen LogP contribution >= 0.6 is 11.8 Å². The smallest absolute Gasteiger partial charge is 0.133 e. The maximum atomic E-state index is 5.62. The first kappa shape index (κ1) is 20.6. The van der Waals surface area contributed by atoms with E-state index >= 15 is 0 Å². The molecule has 2 aromatic rings. The molecule has 0 bridgehead atoms. The summed E-state index contributed by atoms with van der Waals surface area (Å²) in [6.07, 6.45) is 5.18. The lowest BCUT2D eigenvalue weighted by atomic mass is 9.95. The van der Waals surface area contributed by atoms with Crippen LogP contribution in [0.3, 0.4) is 0 Å². The molecule has 5 rings (SSSR count). The molecule has 0 saturated carbocycles. The third-order valence-electron chi connectivity index (χ3n) is 6.97. The van der Waals surface area contributed by atoms with Crippen molar-refractivity contribution in [1.82, 2.24) is 15.2 Å². The van der Waals surface area contributed by atoms with Crippen LogP contribution in [0.1, 0.15) is 31.2 Å². The molecule has 5 nitrogen and oxygen atoms in total. The molecule has 0 amide bonds. The standard InChI is InChI=1S/C24H34N4OS/c1-4-9-27(10-5-1)23-21(16-20-6-2-3-7-22(20)26-23)17-25-18-24(8-15-30-19-24)28-11-13-29-14-12-28/h2-3,6-7,16,25H,1,4-5,8-15,17-19H2. The molecule has 0 spiro atoms. The van der Waals surface area contributed by atoms with E-state index in [0.717, 1.165) is 58.0 Å². The molecule has 30 heavy (non-hydrogen) atoms. The fourth-order valence-electron chi connectivity index (χ4n) is 5.22. The van der Waals surface area contributed by atoms with E-state index < -0.39 is 0 Å². The van der Waals surface area contributed by atoms with Gasteiger partial charge in [0, 0.05) is 61.5 Å². The lowest BCUT2D eigenvalue weighted by Crippen LogP contribution is -2.58. The first-order valence-electron chi connectivity index (χ1n) is 11.6. The number of pyridine rings is 1. The van der Waals surface area contributed by atoms with Gasteiger partial charge < -0.3 is 15.0 Å². The maximum absolute atomic E-state index is 5.62. The van der Waals surface area contributed by atoms with E-state index in [1.54, 1.807) is 0 Å². The Morgan fingerprint density at radius 3 is 2.70 bits per heavy atom. The minimum atomic E-state index is 0.282. The Hall–Kier alpha value is -1.34. The Balaban J connectivity index is 1.35. The van der Waals surface area contributed by atoms with Crippen LogP contribution in [-0.2, 0) is 11.3 Å². The number of nitrogens with zero attached hydrogens (tertiary/aromatic N) is 3. The summed E-state index contributed by atoms with van der Waals surface area (Å²) in [6.45, 7) is 8.09. The molecule has 3 saturated heterocycles. The van der Waals surface area contributed by atoms with Crippen LogP contribution in [0.2, 0.25) is 0 Å². The number of aromatic nitrogens is 1. The highest BCUT2D eigenvalue weighted by Crippen LogP contribution is 2.34. The summed E-state index contributed by atoms with van der Waals surface area (Å²) in [7, 11) is 0. The molecule has 3 aliphatic heterocycles. The molecule has 162 valence electrons. The molecule has 1 atom stereocenters. The Morgan fingerprint density at radius 2 is 1.90 bits per heavy atom. The van der Waals surface area contributed by atoms with E-state index in [9.17, 15) is 0 Å². The first-order chi connectivity index (χ1) is 14.8. The molecular formula is C24H34N4OS. The predicted molar refractivity (Wildman–Crippen MR) is 127 cm³/mol. The van der Waals surface area contributed by atoms with Gasteiger partial charge in [-0.15, -0.1) is 0 Å². The van der Waals surface area contributed by atoms with Gasteiger partial charge >= 0.3 is 0 Å². The van der Waals surface area contributed by atoms with E-state index in [-0.39, 0.29) is 5.54 Å². The Morgan fingerprint density at radius 1 is 1.07 bits per heavy atom. The van der Waals surface area contributed by atoms with E-state index in [1.165, 1.54) is 54.0 Å². The monoisotopic (exact) mass is 426 g/mol. The summed E-state index contributed by atoms with van der Waals surface area (Å²) >= 11 is 2.11. The van der Waals surface area contributed by atoms with E-state index in [2.05, 4.69) is 57.2 Å². The molecule has 0 aliphatic carbocycles. The number of anilines is 1. The zero-order valence-corrected chi connectivity index (χ0v) is 18.8. The lowest BCUT2D eigenvalue weighted by molar-refractivity contribution is -0.0134. The zero-order valence-electron chi connectivity index (χ0n) is 17.9. The highest BCUT2D eigenvalue weighted by Gasteiger charge is 2.40. The number of hydrogen-bond acceptors (Lipinski definition) is 6. The number of nitrogens with one attached hydrogen (secondary N) is 1. The van der Waals surface area contributed by atoms with Crippen molar-refractivity contribution in [3.05, 3.63) is 35.9 Å². The SMILES string of the molecule is c1ccc2nc(N3CCCCC3)c(CNCC3(N4CCOCC4)CCSC3)cc2c1. The second-order valence-corrected chi connectivity index (χ2v) is 10.0. The van der Waals surface area contributed by atoms with E-state index in [1.807, 2.05) is 0 Å². The summed E-state index contributed by atoms with van der Waals surface area (Å²) < 4.78 is 5.62. The molecule has 4 heterocycles. The number of fused-ring (bicyclic) bond motifs is 1. The number of rotatable bonds is 6. The summed E-state index contributed by atoms with van der Waals surface area (Å²) in [4.78, 5) is 10.3. The normalized spacial score (nSPS) is 25.8. The van der Waals surface area contributed by atoms with E-state index in [4.69, 9.17) is 9.72 Å². The maximum Gasteiger partial charge on any atom is 0.133 e. The van der Waals surface area contributed by atoms with Gasteiger partial charge in [0.2, 0.25) is 0 Å². The Bertz CT molecular complexity index is 842. The Labute approximate surface area is 184 Å². The fourth-order valence-corrected chi connectivity index (χ4v) is 6.70. The highest BCUT2D eigenvalue weighted by molar-refractivity contribution is 7.99. The quantitative estimate of drug-likeness (QED) is 0.762. The number of ether oxygens (including phenoxy) is 1. The number of morpholine rings is 1. The van der Waals surface area contributed by atoms with Crippen LogP contribution < -0.4 is 10.2 Å². The van der Waals surface area contributed by atoms with Crippen LogP contribution in [0.5, 0.6) is 0 Å². The van der Waals surface area contributed by atoms with Crippen molar-refractivity contribution in [2.24, 2.45) is 0 Å². The number of para-hydroxylation sites is 1. The van der Waals surface area contributed by atoms with Crippen molar-refractivity contribution in [2.75, 3.05) is 62.3 Å². The van der Waals surface area contributed by atoms with Gasteiger partial charge in [0.1, 0.15) is 5.82 Å². The van der Waals surface area contributed by atoms with Crippen molar-refractivity contribution in [3.63, 3.8) is 0 Å². The predicted octanol–water partition coefficient (Wildman–Crippen LogP) is 3.52. The second-order valence-electron chi connectivity index (χ2n) is 8.94. The van der Waals surface area contributed by atoms with Gasteiger partial charge in [-0.3, -0.25) is 4.90 Å².